The highest BCUT2D eigenvalue weighted by molar-refractivity contribution is 5.92. The number of carbonyl (C=O) groups is 1. The van der Waals surface area contributed by atoms with E-state index in [1.165, 1.54) is 40.8 Å². The number of carboxylic acids is 1. The molecule has 0 saturated carbocycles. The van der Waals surface area contributed by atoms with Crippen LogP contribution in [-0.2, 0) is 0 Å². The Morgan fingerprint density at radius 1 is 0.893 bits per heavy atom. The van der Waals surface area contributed by atoms with Gasteiger partial charge in [0.05, 0.1) is 34.4 Å². The van der Waals surface area contributed by atoms with E-state index in [0.717, 1.165) is 0 Å². The van der Waals surface area contributed by atoms with Crippen molar-refractivity contribution in [2.75, 3.05) is 28.4 Å². The van der Waals surface area contributed by atoms with Crippen LogP contribution in [0.25, 0.3) is 22.4 Å². The number of ether oxygens (including phenoxy) is 4. The van der Waals surface area contributed by atoms with Crippen LogP contribution in [0.3, 0.4) is 0 Å². The Morgan fingerprint density at radius 2 is 1.54 bits per heavy atom. The summed E-state index contributed by atoms with van der Waals surface area (Å²) in [6.07, 6.45) is 1.43. The van der Waals surface area contributed by atoms with Crippen molar-refractivity contribution in [2.24, 2.45) is 0 Å². The number of rotatable bonds is 7. The molecule has 0 saturated heterocycles. The largest absolute Gasteiger partial charge is 0.545 e. The van der Waals surface area contributed by atoms with Crippen LogP contribution in [0.2, 0.25) is 0 Å². The fourth-order valence-corrected chi connectivity index (χ4v) is 2.90. The first kappa shape index (κ1) is 19.1. The number of nitrogens with zero attached hydrogens (tertiary/aromatic N) is 1. The van der Waals surface area contributed by atoms with E-state index in [1.807, 2.05) is 0 Å². The lowest BCUT2D eigenvalue weighted by Crippen LogP contribution is -2.23. The molecule has 8 nitrogen and oxygen atoms in total. The molecular formula is C20H18NO7-. The summed E-state index contributed by atoms with van der Waals surface area (Å²) in [5.74, 6) is 0.216. The molecule has 0 amide bonds. The Balaban J connectivity index is 2.16. The highest BCUT2D eigenvalue weighted by Crippen LogP contribution is 2.43. The summed E-state index contributed by atoms with van der Waals surface area (Å²) in [6.45, 7) is 0. The Hall–Kier alpha value is -3.68. The van der Waals surface area contributed by atoms with Crippen molar-refractivity contribution in [2.45, 2.75) is 0 Å². The zero-order chi connectivity index (χ0) is 20.3. The summed E-state index contributed by atoms with van der Waals surface area (Å²) in [4.78, 5) is 11.4. The lowest BCUT2D eigenvalue weighted by molar-refractivity contribution is -0.255. The second-order valence-corrected chi connectivity index (χ2v) is 5.69. The summed E-state index contributed by atoms with van der Waals surface area (Å²) >= 11 is 0. The number of hydrogen-bond acceptors (Lipinski definition) is 8. The van der Waals surface area contributed by atoms with Crippen molar-refractivity contribution in [3.63, 3.8) is 0 Å². The van der Waals surface area contributed by atoms with Crippen LogP contribution >= 0.6 is 0 Å². The summed E-state index contributed by atoms with van der Waals surface area (Å²) in [7, 11) is 5.93. The molecule has 0 radical (unpaired) electrons. The van der Waals surface area contributed by atoms with Gasteiger partial charge in [-0.2, -0.15) is 0 Å². The summed E-state index contributed by atoms with van der Waals surface area (Å²) in [5.41, 5.74) is 2.21. The summed E-state index contributed by atoms with van der Waals surface area (Å²) < 4.78 is 26.3. The van der Waals surface area contributed by atoms with E-state index in [1.54, 1.807) is 24.3 Å². The van der Waals surface area contributed by atoms with Crippen LogP contribution in [0.5, 0.6) is 23.0 Å². The van der Waals surface area contributed by atoms with Gasteiger partial charge < -0.3 is 33.4 Å². The molecule has 0 aliphatic carbocycles. The number of hydrogen-bond donors (Lipinski definition) is 0. The van der Waals surface area contributed by atoms with Crippen LogP contribution in [0.4, 0.5) is 0 Å². The molecule has 0 unspecified atom stereocenters. The zero-order valence-corrected chi connectivity index (χ0v) is 15.8. The molecule has 1 aromatic heterocycles. The molecule has 28 heavy (non-hydrogen) atoms. The fraction of sp³-hybridized carbons (Fsp3) is 0.200. The maximum absolute atomic E-state index is 11.4. The minimum absolute atomic E-state index is 0.0722. The molecule has 0 N–H and O–H groups in total. The summed E-state index contributed by atoms with van der Waals surface area (Å²) in [5, 5.41) is 15.5. The van der Waals surface area contributed by atoms with E-state index in [-0.39, 0.29) is 11.3 Å². The van der Waals surface area contributed by atoms with E-state index >= 15 is 0 Å². The average molecular weight is 384 g/mol. The highest BCUT2D eigenvalue weighted by Gasteiger charge is 2.19. The van der Waals surface area contributed by atoms with E-state index < -0.39 is 5.97 Å². The predicted molar refractivity (Wildman–Crippen MR) is 97.9 cm³/mol. The van der Waals surface area contributed by atoms with E-state index in [2.05, 4.69) is 5.16 Å². The maximum atomic E-state index is 11.4. The normalized spacial score (nSPS) is 10.4. The monoisotopic (exact) mass is 384 g/mol. The number of carbonyl (C=O) groups excluding carboxylic acids is 1. The molecule has 0 spiro atoms. The fourth-order valence-electron chi connectivity index (χ4n) is 2.90. The first-order valence-corrected chi connectivity index (χ1v) is 8.18. The highest BCUT2D eigenvalue weighted by atomic mass is 16.5. The smallest absolute Gasteiger partial charge is 0.203 e. The van der Waals surface area contributed by atoms with Crippen molar-refractivity contribution in [3.05, 3.63) is 42.2 Å². The van der Waals surface area contributed by atoms with Crippen LogP contribution in [0, 0.1) is 0 Å². The van der Waals surface area contributed by atoms with Gasteiger partial charge in [0.1, 0.15) is 17.7 Å². The van der Waals surface area contributed by atoms with Crippen molar-refractivity contribution in [3.8, 4) is 45.4 Å². The molecule has 3 rings (SSSR count). The van der Waals surface area contributed by atoms with Gasteiger partial charge >= 0.3 is 0 Å². The second kappa shape index (κ2) is 7.91. The third-order valence-corrected chi connectivity index (χ3v) is 4.24. The first-order valence-electron chi connectivity index (χ1n) is 8.18. The molecule has 3 aromatic rings. The number of aromatic carboxylic acids is 1. The number of methoxy groups -OCH3 is 4. The molecule has 0 atom stereocenters. The third-order valence-electron chi connectivity index (χ3n) is 4.24. The molecule has 0 aliphatic heterocycles. The molecule has 0 fully saturated rings. The number of aromatic nitrogens is 1. The Bertz CT molecular complexity index is 985. The van der Waals surface area contributed by atoms with Gasteiger partial charge in [-0.05, 0) is 29.8 Å². The van der Waals surface area contributed by atoms with Gasteiger partial charge in [0.2, 0.25) is 5.75 Å². The van der Waals surface area contributed by atoms with E-state index in [4.69, 9.17) is 23.5 Å². The SMILES string of the molecule is COc1ccc(-c2conc2-c2cc(OC)c(OC)c(OC)c2)cc1C(=O)[O-]. The van der Waals surface area contributed by atoms with E-state index in [9.17, 15) is 9.90 Å². The van der Waals surface area contributed by atoms with Gasteiger partial charge in [-0.1, -0.05) is 11.2 Å². The van der Waals surface area contributed by atoms with Gasteiger partial charge in [-0.3, -0.25) is 0 Å². The van der Waals surface area contributed by atoms with Gasteiger partial charge in [0.25, 0.3) is 0 Å². The Morgan fingerprint density at radius 3 is 2.07 bits per heavy atom. The molecular weight excluding hydrogens is 366 g/mol. The minimum atomic E-state index is -1.34. The standard InChI is InChI=1S/C20H19NO7/c1-24-15-6-5-11(7-13(15)20(22)23)14-10-28-21-18(14)12-8-16(25-2)19(27-4)17(9-12)26-3/h5-10H,1-4H3,(H,22,23)/p-1. The second-order valence-electron chi connectivity index (χ2n) is 5.69. The van der Waals surface area contributed by atoms with Crippen molar-refractivity contribution in [1.29, 1.82) is 0 Å². The van der Waals surface area contributed by atoms with Gasteiger partial charge in [0.15, 0.2) is 11.5 Å². The van der Waals surface area contributed by atoms with Gasteiger partial charge in [-0.25, -0.2) is 0 Å². The van der Waals surface area contributed by atoms with Crippen molar-refractivity contribution >= 4 is 5.97 Å². The lowest BCUT2D eigenvalue weighted by atomic mass is 9.99. The van der Waals surface area contributed by atoms with E-state index in [0.29, 0.717) is 39.6 Å². The minimum Gasteiger partial charge on any atom is -0.545 e. The van der Waals surface area contributed by atoms with Crippen LogP contribution in [0.1, 0.15) is 10.4 Å². The predicted octanol–water partition coefficient (Wildman–Crippen LogP) is 2.41. The third kappa shape index (κ3) is 3.32. The van der Waals surface area contributed by atoms with Gasteiger partial charge in [-0.15, -0.1) is 0 Å². The zero-order valence-electron chi connectivity index (χ0n) is 15.8. The molecule has 0 bridgehead atoms. The molecule has 0 aliphatic rings. The Kier molecular flexibility index (Phi) is 5.39. The van der Waals surface area contributed by atoms with Crippen LogP contribution in [0.15, 0.2) is 41.1 Å². The quantitative estimate of drug-likeness (QED) is 0.612. The number of benzene rings is 2. The summed E-state index contributed by atoms with van der Waals surface area (Å²) in [6, 6.07) is 8.16. The Labute approximate surface area is 161 Å². The van der Waals surface area contributed by atoms with Crippen molar-refractivity contribution in [1.82, 2.24) is 5.16 Å². The topological polar surface area (TPSA) is 103 Å². The van der Waals surface area contributed by atoms with Crippen LogP contribution < -0.4 is 24.1 Å². The molecule has 8 heteroatoms. The maximum Gasteiger partial charge on any atom is 0.203 e. The van der Waals surface area contributed by atoms with Gasteiger partial charge in [0, 0.05) is 16.7 Å². The lowest BCUT2D eigenvalue weighted by Gasteiger charge is -2.14. The molecule has 146 valence electrons. The first-order chi connectivity index (χ1) is 13.5. The van der Waals surface area contributed by atoms with Crippen LogP contribution in [-0.4, -0.2) is 39.6 Å². The average Bonchev–Trinajstić information content (AvgIpc) is 3.21. The number of carboxylic acid groups (broad SMARTS) is 1. The van der Waals surface area contributed by atoms with Crippen molar-refractivity contribution < 1.29 is 33.4 Å². The molecule has 2 aromatic carbocycles. The molecule has 1 heterocycles.